The molecule has 1 aliphatic rings. The van der Waals surface area contributed by atoms with Crippen molar-refractivity contribution in [3.05, 3.63) is 66.2 Å². The van der Waals surface area contributed by atoms with Gasteiger partial charge in [-0.1, -0.05) is 45.6 Å². The van der Waals surface area contributed by atoms with Crippen LogP contribution in [0.5, 0.6) is 5.75 Å². The number of hydrogen-bond acceptors (Lipinski definition) is 5. The van der Waals surface area contributed by atoms with E-state index in [9.17, 15) is 4.79 Å². The topological polar surface area (TPSA) is 56.6 Å². The van der Waals surface area contributed by atoms with Crippen LogP contribution in [-0.4, -0.2) is 35.3 Å². The first kappa shape index (κ1) is 25.8. The Kier molecular flexibility index (Phi) is 7.72. The first-order valence-electron chi connectivity index (χ1n) is 12.9. The van der Waals surface area contributed by atoms with Crippen LogP contribution in [0.4, 0.5) is 5.95 Å². The molecule has 6 nitrogen and oxygen atoms in total. The lowest BCUT2D eigenvalue weighted by Gasteiger charge is -2.41. The Balaban J connectivity index is 1.66. The van der Waals surface area contributed by atoms with E-state index >= 15 is 0 Å². The summed E-state index contributed by atoms with van der Waals surface area (Å²) in [6.07, 6.45) is 6.46. The number of imidazole rings is 1. The number of methoxy groups -OCH3 is 1. The highest BCUT2D eigenvalue weighted by atomic mass is 16.5. The van der Waals surface area contributed by atoms with Crippen LogP contribution in [0.3, 0.4) is 0 Å². The number of carbonyl (C=O) groups excluding carboxylic acids is 1. The summed E-state index contributed by atoms with van der Waals surface area (Å²) in [6.45, 7) is 12.0. The molecule has 0 amide bonds. The molecule has 1 heterocycles. The van der Waals surface area contributed by atoms with Crippen molar-refractivity contribution in [1.29, 1.82) is 0 Å². The summed E-state index contributed by atoms with van der Waals surface area (Å²) in [7, 11) is 3.49. The van der Waals surface area contributed by atoms with Crippen molar-refractivity contribution in [3.8, 4) is 5.75 Å². The third-order valence-corrected chi connectivity index (χ3v) is 7.54. The molecule has 0 spiro atoms. The summed E-state index contributed by atoms with van der Waals surface area (Å²) in [5.41, 5.74) is 4.03. The minimum Gasteiger partial charge on any atom is -0.489 e. The molecule has 1 saturated carbocycles. The number of esters is 1. The van der Waals surface area contributed by atoms with Crippen LogP contribution < -0.4 is 9.64 Å². The zero-order chi connectivity index (χ0) is 25.9. The number of aryl methyl sites for hydroxylation is 1. The molecule has 3 aromatic rings. The SMILES string of the molecule is C=CCOc1ccc2nc(N(Cc3ccc(C(=O)OC)cc3)C3CCC(C(C)(C)C)CC3)n(C)c2c1. The molecule has 0 radical (unpaired) electrons. The second-order valence-electron chi connectivity index (χ2n) is 10.9. The van der Waals surface area contributed by atoms with E-state index in [1.807, 2.05) is 36.4 Å². The lowest BCUT2D eigenvalue weighted by atomic mass is 9.71. The molecule has 0 N–H and O–H groups in total. The van der Waals surface area contributed by atoms with Crippen LogP contribution in [0, 0.1) is 11.3 Å². The zero-order valence-electron chi connectivity index (χ0n) is 22.3. The monoisotopic (exact) mass is 489 g/mol. The quantitative estimate of drug-likeness (QED) is 0.266. The largest absolute Gasteiger partial charge is 0.489 e. The Morgan fingerprint density at radius 3 is 2.44 bits per heavy atom. The molecule has 0 aliphatic heterocycles. The minimum absolute atomic E-state index is 0.316. The number of carbonyl (C=O) groups is 1. The van der Waals surface area contributed by atoms with E-state index in [-0.39, 0.29) is 5.97 Å². The van der Waals surface area contributed by atoms with E-state index in [0.29, 0.717) is 23.6 Å². The molecule has 1 fully saturated rings. The number of benzene rings is 2. The van der Waals surface area contributed by atoms with Gasteiger partial charge in [-0.15, -0.1) is 0 Å². The Hall–Kier alpha value is -3.28. The van der Waals surface area contributed by atoms with Crippen molar-refractivity contribution in [2.24, 2.45) is 18.4 Å². The zero-order valence-corrected chi connectivity index (χ0v) is 22.3. The van der Waals surface area contributed by atoms with E-state index in [1.54, 1.807) is 6.08 Å². The molecule has 0 bridgehead atoms. The average Bonchev–Trinajstić information content (AvgIpc) is 3.21. The fraction of sp³-hybridized carbons (Fsp3) is 0.467. The van der Waals surface area contributed by atoms with E-state index in [2.05, 4.69) is 49.9 Å². The molecule has 6 heteroatoms. The molecule has 2 aromatic carbocycles. The van der Waals surface area contributed by atoms with Crippen LogP contribution in [0.15, 0.2) is 55.1 Å². The first-order valence-corrected chi connectivity index (χ1v) is 12.9. The minimum atomic E-state index is -0.316. The van der Waals surface area contributed by atoms with Gasteiger partial charge in [0.2, 0.25) is 5.95 Å². The fourth-order valence-electron chi connectivity index (χ4n) is 5.34. The predicted octanol–water partition coefficient (Wildman–Crippen LogP) is 6.54. The van der Waals surface area contributed by atoms with Gasteiger partial charge in [-0.3, -0.25) is 0 Å². The van der Waals surface area contributed by atoms with Crippen LogP contribution >= 0.6 is 0 Å². The van der Waals surface area contributed by atoms with Crippen LogP contribution in [0.1, 0.15) is 62.4 Å². The van der Waals surface area contributed by atoms with Gasteiger partial charge >= 0.3 is 5.97 Å². The Labute approximate surface area is 214 Å². The summed E-state index contributed by atoms with van der Waals surface area (Å²) < 4.78 is 12.8. The van der Waals surface area contributed by atoms with Crippen LogP contribution in [0.2, 0.25) is 0 Å². The smallest absolute Gasteiger partial charge is 0.337 e. The van der Waals surface area contributed by atoms with Gasteiger partial charge in [-0.05, 0) is 66.8 Å². The number of fused-ring (bicyclic) bond motifs is 1. The summed E-state index contributed by atoms with van der Waals surface area (Å²) in [5.74, 6) is 2.19. The lowest BCUT2D eigenvalue weighted by Crippen LogP contribution is -2.41. The van der Waals surface area contributed by atoms with Gasteiger partial charge in [-0.2, -0.15) is 0 Å². The van der Waals surface area contributed by atoms with Crippen molar-refractivity contribution in [1.82, 2.24) is 9.55 Å². The van der Waals surface area contributed by atoms with Crippen molar-refractivity contribution >= 4 is 23.0 Å². The van der Waals surface area contributed by atoms with Crippen LogP contribution in [-0.2, 0) is 18.3 Å². The molecule has 36 heavy (non-hydrogen) atoms. The first-order chi connectivity index (χ1) is 17.2. The summed E-state index contributed by atoms with van der Waals surface area (Å²) in [5, 5.41) is 0. The van der Waals surface area contributed by atoms with Gasteiger partial charge in [0.05, 0.1) is 23.7 Å². The lowest BCUT2D eigenvalue weighted by molar-refractivity contribution is 0.0600. The number of nitrogens with zero attached hydrogens (tertiary/aromatic N) is 3. The molecule has 4 rings (SSSR count). The summed E-state index contributed by atoms with van der Waals surface area (Å²) in [6, 6.07) is 14.2. The van der Waals surface area contributed by atoms with Crippen LogP contribution in [0.25, 0.3) is 11.0 Å². The van der Waals surface area contributed by atoms with Gasteiger partial charge in [-0.25, -0.2) is 9.78 Å². The summed E-state index contributed by atoms with van der Waals surface area (Å²) >= 11 is 0. The molecule has 0 atom stereocenters. The molecular weight excluding hydrogens is 450 g/mol. The van der Waals surface area contributed by atoms with Crippen molar-refractivity contribution in [2.45, 2.75) is 59.0 Å². The molecular formula is C30H39N3O3. The van der Waals surface area contributed by atoms with Crippen molar-refractivity contribution in [3.63, 3.8) is 0 Å². The number of rotatable bonds is 8. The molecule has 192 valence electrons. The Bertz CT molecular complexity index is 1200. The molecule has 0 saturated heterocycles. The Morgan fingerprint density at radius 1 is 1.14 bits per heavy atom. The third kappa shape index (κ3) is 5.58. The highest BCUT2D eigenvalue weighted by molar-refractivity contribution is 5.89. The maximum atomic E-state index is 11.9. The Morgan fingerprint density at radius 2 is 1.83 bits per heavy atom. The van der Waals surface area contributed by atoms with Crippen molar-refractivity contribution in [2.75, 3.05) is 18.6 Å². The van der Waals surface area contributed by atoms with E-state index in [0.717, 1.165) is 53.6 Å². The normalized spacial score (nSPS) is 18.1. The second kappa shape index (κ2) is 10.8. The highest BCUT2D eigenvalue weighted by Crippen LogP contribution is 2.40. The van der Waals surface area contributed by atoms with Gasteiger partial charge < -0.3 is 18.9 Å². The van der Waals surface area contributed by atoms with Crippen molar-refractivity contribution < 1.29 is 14.3 Å². The van der Waals surface area contributed by atoms with E-state index in [1.165, 1.54) is 20.0 Å². The average molecular weight is 490 g/mol. The highest BCUT2D eigenvalue weighted by Gasteiger charge is 2.33. The number of aromatic nitrogens is 2. The summed E-state index contributed by atoms with van der Waals surface area (Å²) in [4.78, 5) is 19.4. The molecule has 0 unspecified atom stereocenters. The maximum Gasteiger partial charge on any atom is 0.337 e. The maximum absolute atomic E-state index is 11.9. The van der Waals surface area contributed by atoms with Gasteiger partial charge in [0, 0.05) is 25.7 Å². The number of ether oxygens (including phenoxy) is 2. The standard InChI is InChI=1S/C30H39N3O3/c1-7-18-36-25-16-17-26-27(19-25)32(5)29(31-26)33(24-14-12-23(13-15-24)30(2,3)4)20-21-8-10-22(11-9-21)28(34)35-6/h7-11,16-17,19,23-24H,1,12-15,18,20H2,2-6H3. The van der Waals surface area contributed by atoms with E-state index in [4.69, 9.17) is 14.5 Å². The fourth-order valence-corrected chi connectivity index (χ4v) is 5.34. The molecule has 1 aromatic heterocycles. The van der Waals surface area contributed by atoms with Gasteiger partial charge in [0.15, 0.2) is 0 Å². The van der Waals surface area contributed by atoms with Gasteiger partial charge in [0.1, 0.15) is 12.4 Å². The number of anilines is 1. The van der Waals surface area contributed by atoms with E-state index < -0.39 is 0 Å². The molecule has 1 aliphatic carbocycles. The number of hydrogen-bond donors (Lipinski definition) is 0. The third-order valence-electron chi connectivity index (χ3n) is 7.54. The second-order valence-corrected chi connectivity index (χ2v) is 10.9. The predicted molar refractivity (Wildman–Crippen MR) is 146 cm³/mol. The van der Waals surface area contributed by atoms with Gasteiger partial charge in [0.25, 0.3) is 0 Å².